The zero-order chi connectivity index (χ0) is 15.5. The van der Waals surface area contributed by atoms with Gasteiger partial charge in [-0.15, -0.1) is 0 Å². The first kappa shape index (κ1) is 17.1. The summed E-state index contributed by atoms with van der Waals surface area (Å²) in [5, 5.41) is 3.51. The largest absolute Gasteiger partial charge is 0.391 e. The van der Waals surface area contributed by atoms with E-state index in [2.05, 4.69) is 24.1 Å². The van der Waals surface area contributed by atoms with Crippen molar-refractivity contribution in [2.24, 2.45) is 11.8 Å². The fraction of sp³-hybridized carbons (Fsp3) is 1.00. The maximum absolute atomic E-state index is 12.8. The van der Waals surface area contributed by atoms with Crippen molar-refractivity contribution in [2.75, 3.05) is 19.6 Å². The fourth-order valence-electron chi connectivity index (χ4n) is 3.81. The minimum Gasteiger partial charge on any atom is -0.313 e. The molecule has 1 atom stereocenters. The van der Waals surface area contributed by atoms with Gasteiger partial charge < -0.3 is 5.32 Å². The van der Waals surface area contributed by atoms with Gasteiger partial charge in [-0.1, -0.05) is 13.8 Å². The topological polar surface area (TPSA) is 15.3 Å². The molecule has 2 aliphatic rings. The number of nitrogens with zero attached hydrogens (tertiary/aromatic N) is 1. The van der Waals surface area contributed by atoms with Crippen molar-refractivity contribution in [2.45, 2.75) is 70.6 Å². The highest BCUT2D eigenvalue weighted by Crippen LogP contribution is 2.38. The molecule has 0 aromatic rings. The van der Waals surface area contributed by atoms with E-state index in [1.807, 2.05) is 0 Å². The van der Waals surface area contributed by atoms with Crippen molar-refractivity contribution < 1.29 is 13.2 Å². The van der Waals surface area contributed by atoms with Gasteiger partial charge >= 0.3 is 6.18 Å². The summed E-state index contributed by atoms with van der Waals surface area (Å²) < 4.78 is 38.4. The Bertz CT molecular complexity index is 303. The van der Waals surface area contributed by atoms with E-state index in [1.54, 1.807) is 0 Å². The molecule has 2 nitrogen and oxygen atoms in total. The lowest BCUT2D eigenvalue weighted by Crippen LogP contribution is -2.47. The van der Waals surface area contributed by atoms with E-state index in [-0.39, 0.29) is 0 Å². The molecule has 1 saturated carbocycles. The number of hydrogen-bond donors (Lipinski definition) is 1. The monoisotopic (exact) mass is 306 g/mol. The Morgan fingerprint density at radius 3 is 2.24 bits per heavy atom. The third-order valence-electron chi connectivity index (χ3n) is 4.89. The Morgan fingerprint density at radius 1 is 1.10 bits per heavy atom. The number of hydrogen-bond acceptors (Lipinski definition) is 2. The van der Waals surface area contributed by atoms with Gasteiger partial charge in [-0.2, -0.15) is 13.2 Å². The molecule has 0 aromatic carbocycles. The van der Waals surface area contributed by atoms with Gasteiger partial charge in [0.25, 0.3) is 0 Å². The molecular formula is C16H29F3N2. The summed E-state index contributed by atoms with van der Waals surface area (Å²) in [7, 11) is 0. The summed E-state index contributed by atoms with van der Waals surface area (Å²) >= 11 is 0. The summed E-state index contributed by atoms with van der Waals surface area (Å²) in [6.07, 6.45) is 0.434. The van der Waals surface area contributed by atoms with Crippen LogP contribution < -0.4 is 5.32 Å². The van der Waals surface area contributed by atoms with Gasteiger partial charge in [0.15, 0.2) is 0 Å². The lowest BCUT2D eigenvalue weighted by atomic mass is 9.84. The minimum atomic E-state index is -4.00. The Kier molecular flexibility index (Phi) is 5.95. The molecule has 1 aliphatic heterocycles. The zero-order valence-electron chi connectivity index (χ0n) is 13.3. The molecule has 0 radical (unpaired) electrons. The standard InChI is InChI=1S/C16H29F3N2/c1-12(2)10-21(11-14-4-3-9-20-14)15-7-5-13(6-8-15)16(17,18)19/h12-15,20H,3-11H2,1-2H3. The van der Waals surface area contributed by atoms with Gasteiger partial charge in [0.1, 0.15) is 0 Å². The molecule has 5 heteroatoms. The van der Waals surface area contributed by atoms with Gasteiger partial charge in [0.2, 0.25) is 0 Å². The fourth-order valence-corrected chi connectivity index (χ4v) is 3.81. The molecule has 0 spiro atoms. The minimum absolute atomic E-state index is 0.306. The second kappa shape index (κ2) is 7.32. The smallest absolute Gasteiger partial charge is 0.313 e. The number of alkyl halides is 3. The molecule has 0 amide bonds. The van der Waals surface area contributed by atoms with Crippen molar-refractivity contribution in [1.29, 1.82) is 0 Å². The highest BCUT2D eigenvalue weighted by Gasteiger charge is 2.42. The molecule has 1 N–H and O–H groups in total. The quantitative estimate of drug-likeness (QED) is 0.831. The van der Waals surface area contributed by atoms with Crippen molar-refractivity contribution in [3.05, 3.63) is 0 Å². The van der Waals surface area contributed by atoms with Gasteiger partial charge in [-0.3, -0.25) is 4.90 Å². The number of halogens is 3. The highest BCUT2D eigenvalue weighted by atomic mass is 19.4. The van der Waals surface area contributed by atoms with Crippen LogP contribution in [-0.4, -0.2) is 42.8 Å². The predicted octanol–water partition coefficient (Wildman–Crippen LogP) is 3.82. The predicted molar refractivity (Wildman–Crippen MR) is 79.2 cm³/mol. The van der Waals surface area contributed by atoms with Crippen molar-refractivity contribution >= 4 is 0 Å². The molecule has 21 heavy (non-hydrogen) atoms. The molecule has 124 valence electrons. The van der Waals surface area contributed by atoms with Gasteiger partial charge in [-0.25, -0.2) is 0 Å². The van der Waals surface area contributed by atoms with E-state index >= 15 is 0 Å². The first-order valence-corrected chi connectivity index (χ1v) is 8.40. The van der Waals surface area contributed by atoms with Crippen LogP contribution in [0.3, 0.4) is 0 Å². The van der Waals surface area contributed by atoms with Crippen LogP contribution in [-0.2, 0) is 0 Å². The number of nitrogens with one attached hydrogen (secondary N) is 1. The van der Waals surface area contributed by atoms with E-state index in [0.717, 1.165) is 19.6 Å². The summed E-state index contributed by atoms with van der Waals surface area (Å²) in [4.78, 5) is 2.46. The van der Waals surface area contributed by atoms with Gasteiger partial charge in [0.05, 0.1) is 5.92 Å². The Labute approximate surface area is 126 Å². The Morgan fingerprint density at radius 2 is 1.76 bits per heavy atom. The van der Waals surface area contributed by atoms with Gasteiger partial charge in [-0.05, 0) is 51.0 Å². The first-order valence-electron chi connectivity index (χ1n) is 8.40. The third kappa shape index (κ3) is 5.13. The van der Waals surface area contributed by atoms with Crippen LogP contribution in [0.2, 0.25) is 0 Å². The first-order chi connectivity index (χ1) is 9.86. The summed E-state index contributed by atoms with van der Waals surface area (Å²) in [5.74, 6) is -0.508. The summed E-state index contributed by atoms with van der Waals surface area (Å²) in [6.45, 7) is 7.47. The van der Waals surface area contributed by atoms with Crippen LogP contribution in [0.4, 0.5) is 13.2 Å². The second-order valence-electron chi connectivity index (χ2n) is 7.19. The van der Waals surface area contributed by atoms with Crippen LogP contribution in [0.1, 0.15) is 52.4 Å². The Balaban J connectivity index is 1.88. The second-order valence-corrected chi connectivity index (χ2v) is 7.19. The molecule has 2 fully saturated rings. The molecule has 1 heterocycles. The van der Waals surface area contributed by atoms with Gasteiger partial charge in [0, 0.05) is 25.2 Å². The van der Waals surface area contributed by atoms with E-state index in [4.69, 9.17) is 0 Å². The molecule has 1 saturated heterocycles. The normalized spacial score (nSPS) is 31.3. The van der Waals surface area contributed by atoms with Crippen LogP contribution >= 0.6 is 0 Å². The maximum atomic E-state index is 12.8. The van der Waals surface area contributed by atoms with Crippen LogP contribution in [0.25, 0.3) is 0 Å². The summed E-state index contributed by atoms with van der Waals surface area (Å²) in [6, 6.07) is 0.873. The average Bonchev–Trinajstić information content (AvgIpc) is 2.89. The van der Waals surface area contributed by atoms with Crippen LogP contribution in [0.15, 0.2) is 0 Å². The molecule has 0 bridgehead atoms. The highest BCUT2D eigenvalue weighted by molar-refractivity contribution is 4.86. The maximum Gasteiger partial charge on any atom is 0.391 e. The SMILES string of the molecule is CC(C)CN(CC1CCCN1)C1CCC(C(F)(F)F)CC1. The summed E-state index contributed by atoms with van der Waals surface area (Å²) in [5.41, 5.74) is 0. The van der Waals surface area contributed by atoms with Crippen molar-refractivity contribution in [1.82, 2.24) is 10.2 Å². The van der Waals surface area contributed by atoms with Crippen molar-refractivity contribution in [3.63, 3.8) is 0 Å². The van der Waals surface area contributed by atoms with E-state index in [1.165, 1.54) is 12.8 Å². The number of rotatable bonds is 5. The third-order valence-corrected chi connectivity index (χ3v) is 4.89. The van der Waals surface area contributed by atoms with Crippen LogP contribution in [0.5, 0.6) is 0 Å². The molecule has 0 aromatic heterocycles. The lowest BCUT2D eigenvalue weighted by molar-refractivity contribution is -0.184. The van der Waals surface area contributed by atoms with E-state index < -0.39 is 12.1 Å². The van der Waals surface area contributed by atoms with Crippen LogP contribution in [0, 0.1) is 11.8 Å². The average molecular weight is 306 g/mol. The molecule has 1 unspecified atom stereocenters. The molecule has 2 rings (SSSR count). The zero-order valence-corrected chi connectivity index (χ0v) is 13.3. The Hall–Kier alpha value is -0.290. The molecular weight excluding hydrogens is 277 g/mol. The van der Waals surface area contributed by atoms with E-state index in [9.17, 15) is 13.2 Å². The van der Waals surface area contributed by atoms with E-state index in [0.29, 0.717) is 43.7 Å². The van der Waals surface area contributed by atoms with Crippen molar-refractivity contribution in [3.8, 4) is 0 Å². The molecule has 1 aliphatic carbocycles. The lowest BCUT2D eigenvalue weighted by Gasteiger charge is -2.39.